The summed E-state index contributed by atoms with van der Waals surface area (Å²) in [5.74, 6) is 0.483. The number of pyridine rings is 1. The van der Waals surface area contributed by atoms with Gasteiger partial charge in [-0.15, -0.1) is 0 Å². The Morgan fingerprint density at radius 3 is 2.41 bits per heavy atom. The van der Waals surface area contributed by atoms with Gasteiger partial charge in [0, 0.05) is 32.4 Å². The molecular formula is C21H25F3N4O. The van der Waals surface area contributed by atoms with Crippen LogP contribution in [-0.2, 0) is 11.0 Å². The van der Waals surface area contributed by atoms with E-state index in [1.54, 1.807) is 0 Å². The van der Waals surface area contributed by atoms with Crippen LogP contribution in [-0.4, -0.2) is 48.5 Å². The van der Waals surface area contributed by atoms with Gasteiger partial charge in [0.15, 0.2) is 0 Å². The second kappa shape index (κ2) is 8.82. The smallest absolute Gasteiger partial charge is 0.354 e. The van der Waals surface area contributed by atoms with Gasteiger partial charge in [0.2, 0.25) is 5.91 Å². The normalized spacial score (nSPS) is 16.5. The Morgan fingerprint density at radius 1 is 1.14 bits per heavy atom. The Kier molecular flexibility index (Phi) is 6.42. The van der Waals surface area contributed by atoms with E-state index in [2.05, 4.69) is 10.3 Å². The molecular weight excluding hydrogens is 381 g/mol. The van der Waals surface area contributed by atoms with Crippen LogP contribution in [0.2, 0.25) is 0 Å². The molecule has 0 aliphatic carbocycles. The van der Waals surface area contributed by atoms with Crippen molar-refractivity contribution in [1.82, 2.24) is 15.2 Å². The molecule has 2 aromatic rings. The van der Waals surface area contributed by atoms with E-state index in [0.29, 0.717) is 38.5 Å². The average molecular weight is 406 g/mol. The molecule has 29 heavy (non-hydrogen) atoms. The fourth-order valence-corrected chi connectivity index (χ4v) is 3.52. The maximum absolute atomic E-state index is 12.7. The molecule has 1 aromatic heterocycles. The first-order valence-electron chi connectivity index (χ1n) is 9.59. The minimum absolute atomic E-state index is 0.0399. The zero-order chi connectivity index (χ0) is 21.0. The van der Waals surface area contributed by atoms with E-state index in [1.165, 1.54) is 6.07 Å². The van der Waals surface area contributed by atoms with E-state index in [4.69, 9.17) is 0 Å². The van der Waals surface area contributed by atoms with Crippen molar-refractivity contribution in [2.24, 2.45) is 0 Å². The molecule has 8 heteroatoms. The minimum Gasteiger partial charge on any atom is -0.354 e. The first-order chi connectivity index (χ1) is 13.7. The molecule has 0 radical (unpaired) electrons. The van der Waals surface area contributed by atoms with E-state index in [-0.39, 0.29) is 11.9 Å². The number of benzene rings is 1. The standard InChI is InChI=1S/C21H25F3N4O/c1-15-5-3-4-6-18(15)16(2)26-20(29)14-27-9-11-28(12-10-27)19-8-7-17(13-25-19)21(22,23)24/h3-8,13,16H,9-12,14H2,1-2H3,(H,26,29). The van der Waals surface area contributed by atoms with Gasteiger partial charge in [-0.3, -0.25) is 9.69 Å². The van der Waals surface area contributed by atoms with Gasteiger partial charge in [0.25, 0.3) is 0 Å². The van der Waals surface area contributed by atoms with Crippen LogP contribution in [0.3, 0.4) is 0 Å². The number of nitrogens with zero attached hydrogens (tertiary/aromatic N) is 3. The van der Waals surface area contributed by atoms with Crippen molar-refractivity contribution < 1.29 is 18.0 Å². The molecule has 156 valence electrons. The molecule has 1 aliphatic rings. The van der Waals surface area contributed by atoms with E-state index >= 15 is 0 Å². The lowest BCUT2D eigenvalue weighted by molar-refractivity contribution is -0.137. The zero-order valence-electron chi connectivity index (χ0n) is 16.5. The lowest BCUT2D eigenvalue weighted by Crippen LogP contribution is -2.50. The number of aromatic nitrogens is 1. The number of aryl methyl sites for hydroxylation is 1. The number of alkyl halides is 3. The van der Waals surface area contributed by atoms with Gasteiger partial charge in [-0.05, 0) is 37.1 Å². The number of rotatable bonds is 5. The van der Waals surface area contributed by atoms with Crippen LogP contribution in [0.1, 0.15) is 29.7 Å². The van der Waals surface area contributed by atoms with E-state index in [1.807, 2.05) is 47.9 Å². The summed E-state index contributed by atoms with van der Waals surface area (Å²) in [6.07, 6.45) is -3.52. The first-order valence-corrected chi connectivity index (χ1v) is 9.59. The average Bonchev–Trinajstić information content (AvgIpc) is 2.68. The topological polar surface area (TPSA) is 48.5 Å². The molecule has 2 heterocycles. The molecule has 1 saturated heterocycles. The largest absolute Gasteiger partial charge is 0.417 e. The molecule has 5 nitrogen and oxygen atoms in total. The quantitative estimate of drug-likeness (QED) is 0.827. The van der Waals surface area contributed by atoms with Gasteiger partial charge in [-0.25, -0.2) is 4.98 Å². The van der Waals surface area contributed by atoms with Crippen molar-refractivity contribution in [2.75, 3.05) is 37.6 Å². The molecule has 1 unspecified atom stereocenters. The highest BCUT2D eigenvalue weighted by molar-refractivity contribution is 5.78. The maximum Gasteiger partial charge on any atom is 0.417 e. The molecule has 1 aliphatic heterocycles. The number of amides is 1. The van der Waals surface area contributed by atoms with Crippen molar-refractivity contribution in [3.8, 4) is 0 Å². The Labute approximate surface area is 168 Å². The highest BCUT2D eigenvalue weighted by Crippen LogP contribution is 2.29. The van der Waals surface area contributed by atoms with E-state index < -0.39 is 11.7 Å². The summed E-state index contributed by atoms with van der Waals surface area (Å²) in [4.78, 5) is 20.3. The first kappa shape index (κ1) is 21.1. The number of hydrogen-bond acceptors (Lipinski definition) is 4. The Balaban J connectivity index is 1.48. The molecule has 1 N–H and O–H groups in total. The van der Waals surface area contributed by atoms with Gasteiger partial charge in [0.1, 0.15) is 5.82 Å². The predicted octanol–water partition coefficient (Wildman–Crippen LogP) is 3.41. The maximum atomic E-state index is 12.7. The number of nitrogens with one attached hydrogen (secondary N) is 1. The third-order valence-corrected chi connectivity index (χ3v) is 5.17. The number of anilines is 1. The van der Waals surface area contributed by atoms with Gasteiger partial charge in [-0.2, -0.15) is 13.2 Å². The lowest BCUT2D eigenvalue weighted by Gasteiger charge is -2.35. The van der Waals surface area contributed by atoms with Gasteiger partial charge < -0.3 is 10.2 Å². The summed E-state index contributed by atoms with van der Waals surface area (Å²) >= 11 is 0. The van der Waals surface area contributed by atoms with Crippen LogP contribution in [0.15, 0.2) is 42.6 Å². The molecule has 1 fully saturated rings. The number of piperazine rings is 1. The van der Waals surface area contributed by atoms with Gasteiger partial charge in [-0.1, -0.05) is 24.3 Å². The summed E-state index contributed by atoms with van der Waals surface area (Å²) in [5, 5.41) is 3.03. The van der Waals surface area contributed by atoms with Crippen LogP contribution in [0, 0.1) is 6.92 Å². The van der Waals surface area contributed by atoms with Gasteiger partial charge >= 0.3 is 6.18 Å². The highest BCUT2D eigenvalue weighted by Gasteiger charge is 2.31. The third-order valence-electron chi connectivity index (χ3n) is 5.17. The van der Waals surface area contributed by atoms with Crippen molar-refractivity contribution in [3.63, 3.8) is 0 Å². The summed E-state index contributed by atoms with van der Waals surface area (Å²) < 4.78 is 38.0. The SMILES string of the molecule is Cc1ccccc1C(C)NC(=O)CN1CCN(c2ccc(C(F)(F)F)cn2)CC1. The minimum atomic E-state index is -4.38. The van der Waals surface area contributed by atoms with E-state index in [0.717, 1.165) is 23.4 Å². The fraction of sp³-hybridized carbons (Fsp3) is 0.429. The Morgan fingerprint density at radius 2 is 1.83 bits per heavy atom. The summed E-state index contributed by atoms with van der Waals surface area (Å²) in [5.41, 5.74) is 1.48. The van der Waals surface area contributed by atoms with Crippen molar-refractivity contribution in [2.45, 2.75) is 26.1 Å². The molecule has 0 spiro atoms. The van der Waals surface area contributed by atoms with Crippen molar-refractivity contribution in [3.05, 3.63) is 59.3 Å². The van der Waals surface area contributed by atoms with Crippen molar-refractivity contribution >= 4 is 11.7 Å². The number of carbonyl (C=O) groups excluding carboxylic acids is 1. The molecule has 1 atom stereocenters. The zero-order valence-corrected chi connectivity index (χ0v) is 16.5. The second-order valence-electron chi connectivity index (χ2n) is 7.31. The number of carbonyl (C=O) groups is 1. The summed E-state index contributed by atoms with van der Waals surface area (Å²) in [6, 6.07) is 10.3. The molecule has 1 amide bonds. The highest BCUT2D eigenvalue weighted by atomic mass is 19.4. The van der Waals surface area contributed by atoms with Crippen LogP contribution in [0.25, 0.3) is 0 Å². The van der Waals surface area contributed by atoms with Crippen LogP contribution < -0.4 is 10.2 Å². The van der Waals surface area contributed by atoms with Crippen LogP contribution in [0.4, 0.5) is 19.0 Å². The van der Waals surface area contributed by atoms with Crippen LogP contribution in [0.5, 0.6) is 0 Å². The fourth-order valence-electron chi connectivity index (χ4n) is 3.52. The molecule has 0 bridgehead atoms. The Hall–Kier alpha value is -2.61. The third kappa shape index (κ3) is 5.47. The number of hydrogen-bond donors (Lipinski definition) is 1. The summed E-state index contributed by atoms with van der Waals surface area (Å²) in [6.45, 7) is 6.80. The van der Waals surface area contributed by atoms with E-state index in [9.17, 15) is 18.0 Å². The number of halogens is 3. The van der Waals surface area contributed by atoms with Gasteiger partial charge in [0.05, 0.1) is 18.2 Å². The molecule has 3 rings (SSSR count). The Bertz CT molecular complexity index is 831. The monoisotopic (exact) mass is 406 g/mol. The lowest BCUT2D eigenvalue weighted by atomic mass is 10.0. The predicted molar refractivity (Wildman–Crippen MR) is 106 cm³/mol. The summed E-state index contributed by atoms with van der Waals surface area (Å²) in [7, 11) is 0. The molecule has 0 saturated carbocycles. The second-order valence-corrected chi connectivity index (χ2v) is 7.31. The van der Waals surface area contributed by atoms with Crippen molar-refractivity contribution in [1.29, 1.82) is 0 Å². The van der Waals surface area contributed by atoms with Crippen LogP contribution >= 0.6 is 0 Å². The molecule has 1 aromatic carbocycles.